The molecule has 0 saturated heterocycles. The Kier molecular flexibility index (Phi) is 4.81. The predicted octanol–water partition coefficient (Wildman–Crippen LogP) is 2.65. The number of hydrogen-bond donors (Lipinski definition) is 1. The van der Waals surface area contributed by atoms with Crippen LogP contribution >= 0.6 is 0 Å². The minimum absolute atomic E-state index is 0.00547. The van der Waals surface area contributed by atoms with Crippen molar-refractivity contribution in [3.8, 4) is 5.88 Å². The molecule has 0 aliphatic heterocycles. The molecule has 1 aromatic heterocycles. The summed E-state index contributed by atoms with van der Waals surface area (Å²) in [6, 6.07) is 9.20. The van der Waals surface area contributed by atoms with Crippen LogP contribution in [0.3, 0.4) is 0 Å². The number of anilines is 1. The molecule has 0 radical (unpaired) electrons. The van der Waals surface area contributed by atoms with Gasteiger partial charge in [0.1, 0.15) is 0 Å². The molecule has 0 unspecified atom stereocenters. The van der Waals surface area contributed by atoms with E-state index in [9.17, 15) is 14.9 Å². The minimum atomic E-state index is -0.475. The zero-order valence-electron chi connectivity index (χ0n) is 11.7. The number of aromatic nitrogens is 1. The Balaban J connectivity index is 1.96. The second-order valence-corrected chi connectivity index (χ2v) is 4.26. The van der Waals surface area contributed by atoms with E-state index < -0.39 is 4.92 Å². The van der Waals surface area contributed by atoms with Crippen LogP contribution in [0.4, 0.5) is 11.4 Å². The first-order chi connectivity index (χ1) is 10.6. The zero-order chi connectivity index (χ0) is 15.9. The maximum absolute atomic E-state index is 11.8. The second kappa shape index (κ2) is 6.98. The molecule has 0 atom stereocenters. The van der Waals surface area contributed by atoms with E-state index in [1.54, 1.807) is 30.3 Å². The molecule has 7 nitrogen and oxygen atoms in total. The van der Waals surface area contributed by atoms with E-state index >= 15 is 0 Å². The molecule has 2 rings (SSSR count). The lowest BCUT2D eigenvalue weighted by molar-refractivity contribution is -0.384. The number of rotatable bonds is 5. The molecule has 0 saturated carbocycles. The smallest absolute Gasteiger partial charge is 0.269 e. The van der Waals surface area contributed by atoms with Crippen LogP contribution in [-0.2, 0) is 4.79 Å². The number of ether oxygens (including phenoxy) is 1. The third-order valence-corrected chi connectivity index (χ3v) is 2.74. The minimum Gasteiger partial charge on any atom is -0.481 e. The van der Waals surface area contributed by atoms with Crippen molar-refractivity contribution in [2.75, 3.05) is 12.4 Å². The molecule has 22 heavy (non-hydrogen) atoms. The lowest BCUT2D eigenvalue weighted by atomic mass is 10.2. The summed E-state index contributed by atoms with van der Waals surface area (Å²) in [6.07, 6.45) is 4.39. The Bertz CT molecular complexity index is 694. The van der Waals surface area contributed by atoms with Crippen LogP contribution in [0.1, 0.15) is 5.56 Å². The first-order valence-corrected chi connectivity index (χ1v) is 6.32. The van der Waals surface area contributed by atoms with Gasteiger partial charge in [-0.05, 0) is 29.8 Å². The number of benzene rings is 1. The monoisotopic (exact) mass is 299 g/mol. The van der Waals surface area contributed by atoms with Crippen LogP contribution in [0.25, 0.3) is 6.08 Å². The number of nitrogens with one attached hydrogen (secondary N) is 1. The summed E-state index contributed by atoms with van der Waals surface area (Å²) in [5, 5.41) is 13.2. The summed E-state index contributed by atoms with van der Waals surface area (Å²) >= 11 is 0. The van der Waals surface area contributed by atoms with Crippen molar-refractivity contribution in [2.45, 2.75) is 0 Å². The summed E-state index contributed by atoms with van der Waals surface area (Å²) in [5.41, 5.74) is 1.23. The summed E-state index contributed by atoms with van der Waals surface area (Å²) < 4.78 is 4.92. The fraction of sp³-hybridized carbons (Fsp3) is 0.0667. The molecular weight excluding hydrogens is 286 g/mol. The largest absolute Gasteiger partial charge is 0.481 e. The van der Waals surface area contributed by atoms with Gasteiger partial charge in [-0.2, -0.15) is 0 Å². The fourth-order valence-electron chi connectivity index (χ4n) is 1.64. The molecule has 1 aromatic carbocycles. The maximum Gasteiger partial charge on any atom is 0.269 e. The van der Waals surface area contributed by atoms with Gasteiger partial charge in [-0.15, -0.1) is 0 Å². The topological polar surface area (TPSA) is 94.4 Å². The number of non-ortho nitro benzene ring substituents is 1. The number of pyridine rings is 1. The summed E-state index contributed by atoms with van der Waals surface area (Å²) in [6.45, 7) is 0. The van der Waals surface area contributed by atoms with E-state index in [1.165, 1.54) is 31.5 Å². The van der Waals surface area contributed by atoms with E-state index in [1.807, 2.05) is 0 Å². The quantitative estimate of drug-likeness (QED) is 0.520. The van der Waals surface area contributed by atoms with Gasteiger partial charge in [-0.3, -0.25) is 14.9 Å². The Labute approximate surface area is 126 Å². The number of carbonyl (C=O) groups is 1. The number of amides is 1. The van der Waals surface area contributed by atoms with E-state index in [4.69, 9.17) is 4.74 Å². The van der Waals surface area contributed by atoms with Crippen molar-refractivity contribution >= 4 is 23.4 Å². The first kappa shape index (κ1) is 15.2. The van der Waals surface area contributed by atoms with E-state index in [0.717, 1.165) is 0 Å². The Morgan fingerprint density at radius 3 is 2.55 bits per heavy atom. The van der Waals surface area contributed by atoms with E-state index in [-0.39, 0.29) is 11.6 Å². The van der Waals surface area contributed by atoms with Gasteiger partial charge in [0.05, 0.1) is 23.9 Å². The van der Waals surface area contributed by atoms with Gasteiger partial charge < -0.3 is 10.1 Å². The van der Waals surface area contributed by atoms with Gasteiger partial charge in [0.25, 0.3) is 5.69 Å². The van der Waals surface area contributed by atoms with Crippen LogP contribution in [-0.4, -0.2) is 22.9 Å². The van der Waals surface area contributed by atoms with Crippen LogP contribution < -0.4 is 10.1 Å². The molecular formula is C15H13N3O4. The molecule has 0 fully saturated rings. The molecule has 1 N–H and O–H groups in total. The molecule has 1 amide bonds. The number of hydrogen-bond acceptors (Lipinski definition) is 5. The summed E-state index contributed by atoms with van der Waals surface area (Å²) in [5.74, 6) is 0.129. The molecule has 1 heterocycles. The third-order valence-electron chi connectivity index (χ3n) is 2.74. The normalized spacial score (nSPS) is 10.4. The molecule has 0 aliphatic carbocycles. The molecule has 112 valence electrons. The number of nitro benzene ring substituents is 1. The van der Waals surface area contributed by atoms with E-state index in [2.05, 4.69) is 10.3 Å². The Morgan fingerprint density at radius 2 is 2.00 bits per heavy atom. The van der Waals surface area contributed by atoms with Gasteiger partial charge in [0.15, 0.2) is 0 Å². The van der Waals surface area contributed by atoms with Crippen molar-refractivity contribution in [3.05, 3.63) is 64.3 Å². The van der Waals surface area contributed by atoms with Crippen molar-refractivity contribution < 1.29 is 14.5 Å². The standard InChI is InChI=1S/C15H13N3O4/c1-22-15-9-5-12(10-16-15)17-14(19)8-4-11-2-6-13(7-3-11)18(20)21/h2-10H,1H3,(H,17,19)/b8-4+. The van der Waals surface area contributed by atoms with Crippen LogP contribution in [0.15, 0.2) is 48.7 Å². The highest BCUT2D eigenvalue weighted by molar-refractivity contribution is 6.01. The highest BCUT2D eigenvalue weighted by Crippen LogP contribution is 2.13. The van der Waals surface area contributed by atoms with Gasteiger partial charge in [-0.25, -0.2) is 4.98 Å². The summed E-state index contributed by atoms with van der Waals surface area (Å²) in [4.78, 5) is 25.8. The van der Waals surface area contributed by atoms with Crippen molar-refractivity contribution in [1.82, 2.24) is 4.98 Å². The molecule has 0 bridgehead atoms. The SMILES string of the molecule is COc1ccc(NC(=O)/C=C/c2ccc([N+](=O)[O-])cc2)cn1. The predicted molar refractivity (Wildman–Crippen MR) is 81.5 cm³/mol. The van der Waals surface area contributed by atoms with E-state index in [0.29, 0.717) is 17.1 Å². The third kappa shape index (κ3) is 4.14. The lowest BCUT2D eigenvalue weighted by Gasteiger charge is -2.02. The molecule has 0 aliphatic rings. The van der Waals surface area contributed by atoms with Gasteiger partial charge in [0, 0.05) is 24.3 Å². The van der Waals surface area contributed by atoms with Crippen LogP contribution in [0, 0.1) is 10.1 Å². The Morgan fingerprint density at radius 1 is 1.27 bits per heavy atom. The molecule has 0 spiro atoms. The zero-order valence-corrected chi connectivity index (χ0v) is 11.7. The molecule has 2 aromatic rings. The number of carbonyl (C=O) groups excluding carboxylic acids is 1. The fourth-order valence-corrected chi connectivity index (χ4v) is 1.64. The van der Waals surface area contributed by atoms with Gasteiger partial charge >= 0.3 is 0 Å². The lowest BCUT2D eigenvalue weighted by Crippen LogP contribution is -2.07. The summed E-state index contributed by atoms with van der Waals surface area (Å²) in [7, 11) is 1.51. The average Bonchev–Trinajstić information content (AvgIpc) is 2.54. The highest BCUT2D eigenvalue weighted by Gasteiger charge is 2.03. The van der Waals surface area contributed by atoms with Gasteiger partial charge in [-0.1, -0.05) is 0 Å². The van der Waals surface area contributed by atoms with Crippen molar-refractivity contribution in [1.29, 1.82) is 0 Å². The number of nitrogens with zero attached hydrogens (tertiary/aromatic N) is 2. The average molecular weight is 299 g/mol. The first-order valence-electron chi connectivity index (χ1n) is 6.32. The highest BCUT2D eigenvalue weighted by atomic mass is 16.6. The van der Waals surface area contributed by atoms with Gasteiger partial charge in [0.2, 0.25) is 11.8 Å². The number of methoxy groups -OCH3 is 1. The Hall–Kier alpha value is -3.22. The number of nitro groups is 1. The molecule has 7 heteroatoms. The maximum atomic E-state index is 11.8. The second-order valence-electron chi connectivity index (χ2n) is 4.26. The van der Waals surface area contributed by atoms with Crippen LogP contribution in [0.2, 0.25) is 0 Å². The van der Waals surface area contributed by atoms with Crippen molar-refractivity contribution in [3.63, 3.8) is 0 Å². The van der Waals surface area contributed by atoms with Crippen molar-refractivity contribution in [2.24, 2.45) is 0 Å². The van der Waals surface area contributed by atoms with Crippen LogP contribution in [0.5, 0.6) is 5.88 Å².